The summed E-state index contributed by atoms with van der Waals surface area (Å²) >= 11 is 0. The second kappa shape index (κ2) is 10.3. The number of carboxylic acid groups (broad SMARTS) is 1. The topological polar surface area (TPSA) is 89.7 Å². The van der Waals surface area contributed by atoms with E-state index in [0.29, 0.717) is 33.0 Å². The van der Waals surface area contributed by atoms with Crippen LogP contribution in [0.4, 0.5) is 0 Å². The summed E-state index contributed by atoms with van der Waals surface area (Å²) in [5, 5.41) is 16.2. The van der Waals surface area contributed by atoms with Gasteiger partial charge in [0.1, 0.15) is 0 Å². The zero-order valence-electron chi connectivity index (χ0n) is 12.7. The maximum Gasteiger partial charge on any atom is 0.358 e. The lowest BCUT2D eigenvalue weighted by molar-refractivity contribution is 0.0690. The SMILES string of the molecule is CCOCCN(CCOCC)CCn1cc(C(=O)O)nn1. The number of carbonyl (C=O) groups is 1. The molecule has 0 bridgehead atoms. The van der Waals surface area contributed by atoms with Crippen LogP contribution in [0.2, 0.25) is 0 Å². The molecule has 1 heterocycles. The molecule has 8 nitrogen and oxygen atoms in total. The van der Waals surface area contributed by atoms with E-state index in [9.17, 15) is 4.79 Å². The normalized spacial score (nSPS) is 11.2. The highest BCUT2D eigenvalue weighted by Crippen LogP contribution is 1.96. The van der Waals surface area contributed by atoms with Gasteiger partial charge in [-0.05, 0) is 13.8 Å². The van der Waals surface area contributed by atoms with Crippen molar-refractivity contribution in [2.45, 2.75) is 20.4 Å². The minimum atomic E-state index is -1.06. The van der Waals surface area contributed by atoms with E-state index >= 15 is 0 Å². The largest absolute Gasteiger partial charge is 0.476 e. The van der Waals surface area contributed by atoms with Crippen molar-refractivity contribution in [3.63, 3.8) is 0 Å². The molecule has 0 aliphatic rings. The molecule has 1 aromatic heterocycles. The molecule has 0 aliphatic carbocycles. The predicted molar refractivity (Wildman–Crippen MR) is 76.4 cm³/mol. The van der Waals surface area contributed by atoms with Crippen LogP contribution < -0.4 is 0 Å². The van der Waals surface area contributed by atoms with Gasteiger partial charge >= 0.3 is 5.97 Å². The summed E-state index contributed by atoms with van der Waals surface area (Å²) in [5.74, 6) is -1.06. The lowest BCUT2D eigenvalue weighted by atomic mass is 10.4. The van der Waals surface area contributed by atoms with Crippen LogP contribution >= 0.6 is 0 Å². The van der Waals surface area contributed by atoms with Crippen molar-refractivity contribution >= 4 is 5.97 Å². The highest BCUT2D eigenvalue weighted by atomic mass is 16.5. The Morgan fingerprint density at radius 3 is 2.33 bits per heavy atom. The maximum absolute atomic E-state index is 10.7. The highest BCUT2D eigenvalue weighted by molar-refractivity contribution is 5.84. The highest BCUT2D eigenvalue weighted by Gasteiger charge is 2.10. The average Bonchev–Trinajstić information content (AvgIpc) is 2.93. The number of hydrogen-bond acceptors (Lipinski definition) is 6. The fourth-order valence-electron chi connectivity index (χ4n) is 1.76. The fraction of sp³-hybridized carbons (Fsp3) is 0.769. The molecule has 0 radical (unpaired) electrons. The van der Waals surface area contributed by atoms with Crippen molar-refractivity contribution < 1.29 is 19.4 Å². The van der Waals surface area contributed by atoms with Crippen molar-refractivity contribution in [3.8, 4) is 0 Å². The summed E-state index contributed by atoms with van der Waals surface area (Å²) in [6.07, 6.45) is 1.44. The molecule has 120 valence electrons. The molecule has 0 unspecified atom stereocenters. The minimum absolute atomic E-state index is 0.0369. The van der Waals surface area contributed by atoms with Gasteiger partial charge in [-0.15, -0.1) is 5.10 Å². The van der Waals surface area contributed by atoms with Gasteiger partial charge in [-0.2, -0.15) is 0 Å². The van der Waals surface area contributed by atoms with Crippen LogP contribution in [-0.4, -0.2) is 77.0 Å². The zero-order valence-corrected chi connectivity index (χ0v) is 12.7. The van der Waals surface area contributed by atoms with E-state index in [1.165, 1.54) is 10.9 Å². The summed E-state index contributed by atoms with van der Waals surface area (Å²) in [7, 11) is 0. The molecule has 1 rings (SSSR count). The van der Waals surface area contributed by atoms with Gasteiger partial charge < -0.3 is 14.6 Å². The number of hydrogen-bond donors (Lipinski definition) is 1. The lowest BCUT2D eigenvalue weighted by Gasteiger charge is -2.21. The van der Waals surface area contributed by atoms with Gasteiger partial charge in [-0.25, -0.2) is 4.79 Å². The third-order valence-corrected chi connectivity index (χ3v) is 2.92. The van der Waals surface area contributed by atoms with Gasteiger partial charge in [0.05, 0.1) is 26.0 Å². The van der Waals surface area contributed by atoms with E-state index in [0.717, 1.165) is 19.6 Å². The van der Waals surface area contributed by atoms with Crippen molar-refractivity contribution in [2.75, 3.05) is 46.1 Å². The second-order valence-electron chi connectivity index (χ2n) is 4.41. The van der Waals surface area contributed by atoms with Gasteiger partial charge in [0.15, 0.2) is 5.69 Å². The second-order valence-corrected chi connectivity index (χ2v) is 4.41. The van der Waals surface area contributed by atoms with Gasteiger partial charge in [0, 0.05) is 32.8 Å². The van der Waals surface area contributed by atoms with E-state index < -0.39 is 5.97 Å². The molecule has 0 aliphatic heterocycles. The Morgan fingerprint density at radius 1 is 1.24 bits per heavy atom. The number of nitrogens with zero attached hydrogens (tertiary/aromatic N) is 4. The Kier molecular flexibility index (Phi) is 8.56. The summed E-state index contributed by atoms with van der Waals surface area (Å²) in [6.45, 7) is 9.60. The number of aromatic carboxylic acids is 1. The smallest absolute Gasteiger partial charge is 0.358 e. The quantitative estimate of drug-likeness (QED) is 0.557. The standard InChI is InChI=1S/C13H24N4O4/c1-3-20-9-7-16(8-10-21-4-2)5-6-17-11-12(13(18)19)14-15-17/h11H,3-10H2,1-2H3,(H,18,19). The first kappa shape index (κ1) is 17.5. The van der Waals surface area contributed by atoms with Crippen molar-refractivity contribution in [2.24, 2.45) is 0 Å². The van der Waals surface area contributed by atoms with Crippen LogP contribution in [0.3, 0.4) is 0 Å². The van der Waals surface area contributed by atoms with Crippen molar-refractivity contribution in [1.29, 1.82) is 0 Å². The molecule has 0 atom stereocenters. The third-order valence-electron chi connectivity index (χ3n) is 2.92. The molecular weight excluding hydrogens is 276 g/mol. The molecule has 0 fully saturated rings. The van der Waals surface area contributed by atoms with Gasteiger partial charge in [0.25, 0.3) is 0 Å². The molecule has 0 spiro atoms. The molecule has 0 saturated carbocycles. The van der Waals surface area contributed by atoms with Crippen LogP contribution in [0.5, 0.6) is 0 Å². The minimum Gasteiger partial charge on any atom is -0.476 e. The lowest BCUT2D eigenvalue weighted by Crippen LogP contribution is -2.34. The van der Waals surface area contributed by atoms with E-state index in [4.69, 9.17) is 14.6 Å². The molecule has 1 N–H and O–H groups in total. The molecule has 0 amide bonds. The summed E-state index contributed by atoms with van der Waals surface area (Å²) < 4.78 is 12.3. The summed E-state index contributed by atoms with van der Waals surface area (Å²) in [6, 6.07) is 0. The third kappa shape index (κ3) is 7.16. The van der Waals surface area contributed by atoms with Crippen LogP contribution in [0.1, 0.15) is 24.3 Å². The Balaban J connectivity index is 2.40. The zero-order chi connectivity index (χ0) is 15.5. The number of rotatable bonds is 12. The number of carboxylic acids is 1. The molecule has 8 heteroatoms. The summed E-state index contributed by atoms with van der Waals surface area (Å²) in [5.41, 5.74) is -0.0369. The van der Waals surface area contributed by atoms with E-state index in [-0.39, 0.29) is 5.69 Å². The van der Waals surface area contributed by atoms with Crippen LogP contribution in [0.25, 0.3) is 0 Å². The molecule has 0 aromatic carbocycles. The van der Waals surface area contributed by atoms with Gasteiger partial charge in [-0.1, -0.05) is 5.21 Å². The van der Waals surface area contributed by atoms with Crippen LogP contribution in [-0.2, 0) is 16.0 Å². The Hall–Kier alpha value is -1.51. The number of aromatic nitrogens is 3. The molecular formula is C13H24N4O4. The van der Waals surface area contributed by atoms with E-state index in [2.05, 4.69) is 15.2 Å². The van der Waals surface area contributed by atoms with Crippen molar-refractivity contribution in [3.05, 3.63) is 11.9 Å². The monoisotopic (exact) mass is 300 g/mol. The first-order chi connectivity index (χ1) is 10.2. The van der Waals surface area contributed by atoms with Crippen molar-refractivity contribution in [1.82, 2.24) is 19.9 Å². The van der Waals surface area contributed by atoms with Crippen LogP contribution in [0, 0.1) is 0 Å². The first-order valence-electron chi connectivity index (χ1n) is 7.18. The van der Waals surface area contributed by atoms with E-state index in [1.54, 1.807) is 0 Å². The number of ether oxygens (including phenoxy) is 2. The van der Waals surface area contributed by atoms with Crippen LogP contribution in [0.15, 0.2) is 6.20 Å². The predicted octanol–water partition coefficient (Wildman–Crippen LogP) is 0.351. The molecule has 1 aromatic rings. The fourth-order valence-corrected chi connectivity index (χ4v) is 1.76. The van der Waals surface area contributed by atoms with Gasteiger partial charge in [0.2, 0.25) is 0 Å². The van der Waals surface area contributed by atoms with Gasteiger partial charge in [-0.3, -0.25) is 9.58 Å². The summed E-state index contributed by atoms with van der Waals surface area (Å²) in [4.78, 5) is 12.9. The molecule has 0 saturated heterocycles. The van der Waals surface area contributed by atoms with E-state index in [1.807, 2.05) is 13.8 Å². The Bertz CT molecular complexity index is 401. The first-order valence-corrected chi connectivity index (χ1v) is 7.18. The molecule has 21 heavy (non-hydrogen) atoms. The Morgan fingerprint density at radius 2 is 1.86 bits per heavy atom. The maximum atomic E-state index is 10.7. The Labute approximate surface area is 124 Å². The average molecular weight is 300 g/mol.